The summed E-state index contributed by atoms with van der Waals surface area (Å²) in [6.07, 6.45) is 1.94. The molecule has 0 aromatic heterocycles. The Bertz CT molecular complexity index is 687. The van der Waals surface area contributed by atoms with Crippen LogP contribution in [0.4, 0.5) is 10.1 Å². The molecule has 6 nitrogen and oxygen atoms in total. The molecule has 0 bridgehead atoms. The van der Waals surface area contributed by atoms with Gasteiger partial charge in [-0.05, 0) is 38.8 Å². The number of amides is 2. The van der Waals surface area contributed by atoms with Crippen LogP contribution in [0.3, 0.4) is 0 Å². The quantitative estimate of drug-likeness (QED) is 0.736. The van der Waals surface area contributed by atoms with Gasteiger partial charge in [0.05, 0.1) is 5.69 Å². The summed E-state index contributed by atoms with van der Waals surface area (Å²) in [5, 5.41) is 0. The van der Waals surface area contributed by atoms with Crippen LogP contribution in [-0.2, 0) is 9.59 Å². The van der Waals surface area contributed by atoms with Crippen LogP contribution in [0.5, 0.6) is 0 Å². The van der Waals surface area contributed by atoms with Crippen molar-refractivity contribution < 1.29 is 14.0 Å². The number of nitrogens with zero attached hydrogens (tertiary/aromatic N) is 4. The van der Waals surface area contributed by atoms with Gasteiger partial charge >= 0.3 is 11.8 Å². The van der Waals surface area contributed by atoms with Crippen LogP contribution >= 0.6 is 0 Å². The maximum Gasteiger partial charge on any atom is 0.312 e. The first-order chi connectivity index (χ1) is 13.5. The number of carbonyl (C=O) groups excluding carboxylic acids is 2. The second-order valence-corrected chi connectivity index (χ2v) is 7.50. The SMILES string of the molecule is CCN(CC)C(=O)C(=O)N1CCC[C@H](N2CCN(c3ccccc3F)CC2)C1. The molecule has 2 amide bonds. The fourth-order valence-electron chi connectivity index (χ4n) is 4.25. The van der Waals surface area contributed by atoms with Gasteiger partial charge in [0.1, 0.15) is 5.82 Å². The van der Waals surface area contributed by atoms with Crippen molar-refractivity contribution in [3.63, 3.8) is 0 Å². The highest BCUT2D eigenvalue weighted by atomic mass is 19.1. The van der Waals surface area contributed by atoms with E-state index in [0.717, 1.165) is 39.0 Å². The number of halogens is 1. The molecule has 1 atom stereocenters. The fraction of sp³-hybridized carbons (Fsp3) is 0.619. The molecule has 0 saturated carbocycles. The third-order valence-electron chi connectivity index (χ3n) is 5.94. The average Bonchev–Trinajstić information content (AvgIpc) is 2.74. The minimum absolute atomic E-state index is 0.180. The van der Waals surface area contributed by atoms with E-state index in [2.05, 4.69) is 9.80 Å². The highest BCUT2D eigenvalue weighted by Gasteiger charge is 2.33. The summed E-state index contributed by atoms with van der Waals surface area (Å²) in [5.74, 6) is -0.950. The lowest BCUT2D eigenvalue weighted by atomic mass is 10.0. The lowest BCUT2D eigenvalue weighted by Gasteiger charge is -2.44. The fourth-order valence-corrected chi connectivity index (χ4v) is 4.25. The maximum atomic E-state index is 14.0. The molecule has 0 unspecified atom stereocenters. The van der Waals surface area contributed by atoms with Crippen molar-refractivity contribution in [2.24, 2.45) is 0 Å². The van der Waals surface area contributed by atoms with Crippen molar-refractivity contribution in [2.75, 3.05) is 57.3 Å². The predicted molar refractivity (Wildman–Crippen MR) is 108 cm³/mol. The van der Waals surface area contributed by atoms with E-state index in [4.69, 9.17) is 0 Å². The van der Waals surface area contributed by atoms with Crippen LogP contribution in [0.25, 0.3) is 0 Å². The molecule has 2 saturated heterocycles. The second-order valence-electron chi connectivity index (χ2n) is 7.50. The highest BCUT2D eigenvalue weighted by molar-refractivity contribution is 6.34. The summed E-state index contributed by atoms with van der Waals surface area (Å²) in [5.41, 5.74) is 0.660. The topological polar surface area (TPSA) is 47.1 Å². The van der Waals surface area contributed by atoms with Crippen LogP contribution in [0.15, 0.2) is 24.3 Å². The third-order valence-corrected chi connectivity index (χ3v) is 5.94. The number of piperazine rings is 1. The molecule has 2 aliphatic heterocycles. The van der Waals surface area contributed by atoms with Crippen LogP contribution in [0, 0.1) is 5.82 Å². The molecular weight excluding hydrogens is 359 g/mol. The van der Waals surface area contributed by atoms with Crippen LogP contribution in [-0.4, -0.2) is 84.9 Å². The summed E-state index contributed by atoms with van der Waals surface area (Å²) < 4.78 is 14.0. The Labute approximate surface area is 166 Å². The predicted octanol–water partition coefficient (Wildman–Crippen LogP) is 1.81. The Morgan fingerprint density at radius 2 is 1.75 bits per heavy atom. The minimum atomic E-state index is -0.393. The monoisotopic (exact) mass is 390 g/mol. The largest absolute Gasteiger partial charge is 0.367 e. The summed E-state index contributed by atoms with van der Waals surface area (Å²) >= 11 is 0. The van der Waals surface area contributed by atoms with E-state index in [0.29, 0.717) is 31.9 Å². The van der Waals surface area contributed by atoms with Gasteiger partial charge in [0.15, 0.2) is 0 Å². The summed E-state index contributed by atoms with van der Waals surface area (Å²) in [6, 6.07) is 7.17. The Morgan fingerprint density at radius 1 is 1.07 bits per heavy atom. The van der Waals surface area contributed by atoms with Gasteiger partial charge < -0.3 is 14.7 Å². The molecule has 1 aromatic carbocycles. The van der Waals surface area contributed by atoms with Crippen LogP contribution in [0.2, 0.25) is 0 Å². The van der Waals surface area contributed by atoms with Crippen molar-refractivity contribution in [1.82, 2.24) is 14.7 Å². The third kappa shape index (κ3) is 4.46. The Balaban J connectivity index is 1.56. The Morgan fingerprint density at radius 3 is 2.39 bits per heavy atom. The normalized spacial score (nSPS) is 20.9. The van der Waals surface area contributed by atoms with E-state index < -0.39 is 5.91 Å². The van der Waals surface area contributed by atoms with E-state index in [1.165, 1.54) is 6.07 Å². The molecule has 2 aliphatic rings. The van der Waals surface area contributed by atoms with Crippen molar-refractivity contribution in [2.45, 2.75) is 32.7 Å². The number of piperidine rings is 1. The first-order valence-corrected chi connectivity index (χ1v) is 10.4. The number of benzene rings is 1. The Kier molecular flexibility index (Phi) is 6.88. The second kappa shape index (κ2) is 9.37. The van der Waals surface area contributed by atoms with E-state index in [9.17, 15) is 14.0 Å². The van der Waals surface area contributed by atoms with Crippen LogP contribution in [0.1, 0.15) is 26.7 Å². The van der Waals surface area contributed by atoms with Gasteiger partial charge in [-0.1, -0.05) is 12.1 Å². The summed E-state index contributed by atoms with van der Waals surface area (Å²) in [7, 11) is 0. The molecule has 0 spiro atoms. The molecule has 28 heavy (non-hydrogen) atoms. The lowest BCUT2D eigenvalue weighted by Crippen LogP contribution is -2.57. The zero-order valence-electron chi connectivity index (χ0n) is 16.9. The molecule has 1 aromatic rings. The standard InChI is InChI=1S/C21H31FN4O2/c1-3-23(4-2)20(27)21(28)26-11-7-8-17(16-26)24-12-14-25(15-13-24)19-10-6-5-9-18(19)22/h5-6,9-10,17H,3-4,7-8,11-16H2,1-2H3/t17-/m0/s1. The molecule has 0 aliphatic carbocycles. The zero-order valence-corrected chi connectivity index (χ0v) is 16.9. The number of likely N-dealkylation sites (tertiary alicyclic amines) is 1. The zero-order chi connectivity index (χ0) is 20.1. The van der Waals surface area contributed by atoms with E-state index >= 15 is 0 Å². The van der Waals surface area contributed by atoms with E-state index in [-0.39, 0.29) is 17.8 Å². The molecular formula is C21H31FN4O2. The van der Waals surface area contributed by atoms with Gasteiger partial charge in [-0.3, -0.25) is 14.5 Å². The van der Waals surface area contributed by atoms with Gasteiger partial charge in [-0.15, -0.1) is 0 Å². The van der Waals surface area contributed by atoms with E-state index in [1.807, 2.05) is 26.0 Å². The van der Waals surface area contributed by atoms with Crippen molar-refractivity contribution in [1.29, 1.82) is 0 Å². The highest BCUT2D eigenvalue weighted by Crippen LogP contribution is 2.23. The molecule has 2 fully saturated rings. The van der Waals surface area contributed by atoms with Gasteiger partial charge in [0.25, 0.3) is 0 Å². The van der Waals surface area contributed by atoms with Crippen molar-refractivity contribution in [3.8, 4) is 0 Å². The minimum Gasteiger partial charge on any atom is -0.367 e. The number of carbonyl (C=O) groups is 2. The van der Waals surface area contributed by atoms with Crippen molar-refractivity contribution >= 4 is 17.5 Å². The number of hydrogen-bond donors (Lipinski definition) is 0. The molecule has 7 heteroatoms. The lowest BCUT2D eigenvalue weighted by molar-refractivity contribution is -0.152. The number of likely N-dealkylation sites (N-methyl/N-ethyl adjacent to an activating group) is 1. The first kappa shape index (κ1) is 20.6. The number of hydrogen-bond acceptors (Lipinski definition) is 4. The molecule has 3 rings (SSSR count). The first-order valence-electron chi connectivity index (χ1n) is 10.4. The van der Waals surface area contributed by atoms with Gasteiger partial charge in [0, 0.05) is 58.4 Å². The molecule has 0 radical (unpaired) electrons. The van der Waals surface area contributed by atoms with Crippen LogP contribution < -0.4 is 4.90 Å². The number of anilines is 1. The van der Waals surface area contributed by atoms with Gasteiger partial charge in [0.2, 0.25) is 0 Å². The Hall–Kier alpha value is -2.15. The number of rotatable bonds is 4. The van der Waals surface area contributed by atoms with Gasteiger partial charge in [-0.25, -0.2) is 4.39 Å². The summed E-state index contributed by atoms with van der Waals surface area (Å²) in [4.78, 5) is 32.8. The summed E-state index contributed by atoms with van der Waals surface area (Å²) in [6.45, 7) is 9.35. The molecule has 2 heterocycles. The smallest absolute Gasteiger partial charge is 0.312 e. The van der Waals surface area contributed by atoms with E-state index in [1.54, 1.807) is 15.9 Å². The number of para-hydroxylation sites is 1. The molecule has 154 valence electrons. The average molecular weight is 391 g/mol. The molecule has 0 N–H and O–H groups in total. The maximum absolute atomic E-state index is 14.0. The van der Waals surface area contributed by atoms with Crippen molar-refractivity contribution in [3.05, 3.63) is 30.1 Å². The van der Waals surface area contributed by atoms with Gasteiger partial charge in [-0.2, -0.15) is 0 Å².